The summed E-state index contributed by atoms with van der Waals surface area (Å²) in [4.78, 5) is 2.59. The Morgan fingerprint density at radius 2 is 0.550 bits per heavy atom. The van der Waals surface area contributed by atoms with Gasteiger partial charge in [0.25, 0.3) is 0 Å². The van der Waals surface area contributed by atoms with Gasteiger partial charge in [0.05, 0.1) is 0 Å². The van der Waals surface area contributed by atoms with E-state index in [-0.39, 0.29) is 0 Å². The van der Waals surface area contributed by atoms with Crippen LogP contribution in [0.2, 0.25) is 0 Å². The smallest absolute Gasteiger partial charge is 0.180 e. The molecule has 508 valence electrons. The zero-order valence-corrected chi connectivity index (χ0v) is 63.4. The summed E-state index contributed by atoms with van der Waals surface area (Å²) in [5.41, 5.74) is 17.2. The fourth-order valence-corrected chi connectivity index (χ4v) is 43.0. The molecule has 0 unspecified atom stereocenters. The highest BCUT2D eigenvalue weighted by Gasteiger charge is 2.61. The molecule has 0 aliphatic carbocycles. The third kappa shape index (κ3) is 8.28. The fraction of sp³-hybridized carbons (Fsp3) is 0. The fourth-order valence-electron chi connectivity index (χ4n) is 20.9. The first kappa shape index (κ1) is 62.2. The SMILES string of the molecule is c1ccc(N(c2ccc3c(c2)[Si](c2ccccc2)(c2ccccc2)c2cc4c(cc2-3)[Si](c2ccccc2)(c2ccccc2)c2ccc3oc5ccccc5c3c2-4)c2ccc3c(c2)[Si](c2ccccc2)(c2ccccc2)c2c4c(c5oc6ccccc6c5c2-3)-c2ccccc2[Si]4(c2ccccc2)c2ccccc2)cc1. The molecule has 4 aliphatic rings. The minimum absolute atomic E-state index is 0.896. The molecule has 0 fully saturated rings. The van der Waals surface area contributed by atoms with Gasteiger partial charge in [0.1, 0.15) is 22.3 Å². The molecule has 3 nitrogen and oxygen atoms in total. The maximum atomic E-state index is 7.60. The normalized spacial score (nSPS) is 14.5. The van der Waals surface area contributed by atoms with E-state index in [0.29, 0.717) is 0 Å². The molecule has 23 rings (SSSR count). The number of hydrogen-bond acceptors (Lipinski definition) is 3. The van der Waals surface area contributed by atoms with Crippen LogP contribution in [0.15, 0.2) is 415 Å². The average Bonchev–Trinajstić information content (AvgIpc) is 1.48. The molecule has 0 N–H and O–H groups in total. The molecule has 0 amide bonds. The molecule has 0 saturated heterocycles. The summed E-state index contributed by atoms with van der Waals surface area (Å²) in [5.74, 6) is 0. The van der Waals surface area contributed by atoms with E-state index < -0.39 is 32.3 Å². The Balaban J connectivity index is 0.829. The van der Waals surface area contributed by atoms with Gasteiger partial charge in [-0.15, -0.1) is 0 Å². The highest BCUT2D eigenvalue weighted by Crippen LogP contribution is 2.49. The number of furan rings is 2. The predicted octanol–water partition coefficient (Wildman–Crippen LogP) is 14.4. The summed E-state index contributed by atoms with van der Waals surface area (Å²) in [7, 11) is -13.3. The van der Waals surface area contributed by atoms with Crippen LogP contribution in [0.25, 0.3) is 88.4 Å². The van der Waals surface area contributed by atoms with Crippen LogP contribution in [0.5, 0.6) is 0 Å². The summed E-state index contributed by atoms with van der Waals surface area (Å²) >= 11 is 0. The summed E-state index contributed by atoms with van der Waals surface area (Å²) in [6, 6.07) is 156. The van der Waals surface area contributed by atoms with Crippen molar-refractivity contribution in [1.29, 1.82) is 0 Å². The van der Waals surface area contributed by atoms with Gasteiger partial charge < -0.3 is 13.7 Å². The first-order valence-corrected chi connectivity index (χ1v) is 46.0. The zero-order valence-electron chi connectivity index (χ0n) is 59.4. The Morgan fingerprint density at radius 3 is 1.06 bits per heavy atom. The minimum atomic E-state index is -3.56. The van der Waals surface area contributed by atoms with Gasteiger partial charge in [-0.05, 0) is 177 Å². The number of hydrogen-bond donors (Lipinski definition) is 0. The molecule has 4 aliphatic heterocycles. The molecular formula is C102H67NO2Si4. The van der Waals surface area contributed by atoms with Crippen molar-refractivity contribution in [2.24, 2.45) is 0 Å². The number of benzene rings is 17. The van der Waals surface area contributed by atoms with E-state index in [0.717, 1.165) is 50.2 Å². The molecule has 109 heavy (non-hydrogen) atoms. The third-order valence-electron chi connectivity index (χ3n) is 24.9. The maximum Gasteiger partial charge on any atom is 0.180 e. The van der Waals surface area contributed by atoms with Gasteiger partial charge in [-0.1, -0.05) is 352 Å². The van der Waals surface area contributed by atoms with E-state index in [2.05, 4.69) is 411 Å². The first-order chi connectivity index (χ1) is 54.1. The van der Waals surface area contributed by atoms with Crippen molar-refractivity contribution >= 4 is 176 Å². The zero-order chi connectivity index (χ0) is 71.6. The Labute approximate surface area is 636 Å². The van der Waals surface area contributed by atoms with Crippen molar-refractivity contribution in [1.82, 2.24) is 0 Å². The minimum Gasteiger partial charge on any atom is -0.456 e. The lowest BCUT2D eigenvalue weighted by Gasteiger charge is -2.38. The van der Waals surface area contributed by atoms with Gasteiger partial charge in [-0.3, -0.25) is 0 Å². The summed E-state index contributed by atoms with van der Waals surface area (Å²) in [5, 5.41) is 26.7. The highest BCUT2D eigenvalue weighted by atomic mass is 28.3. The van der Waals surface area contributed by atoms with Crippen LogP contribution in [-0.4, -0.2) is 32.3 Å². The van der Waals surface area contributed by atoms with Gasteiger partial charge >= 0.3 is 0 Å². The van der Waals surface area contributed by atoms with Gasteiger partial charge in [0, 0.05) is 44.2 Å². The number of fused-ring (bicyclic) bond motifs is 22. The second-order valence-corrected chi connectivity index (χ2v) is 44.7. The van der Waals surface area contributed by atoms with Crippen molar-refractivity contribution in [3.63, 3.8) is 0 Å². The van der Waals surface area contributed by atoms with E-state index >= 15 is 0 Å². The van der Waals surface area contributed by atoms with Crippen molar-refractivity contribution in [2.75, 3.05) is 4.90 Å². The van der Waals surface area contributed by atoms with Crippen molar-refractivity contribution in [3.8, 4) is 44.5 Å². The van der Waals surface area contributed by atoms with Crippen LogP contribution in [0.3, 0.4) is 0 Å². The largest absolute Gasteiger partial charge is 0.456 e. The topological polar surface area (TPSA) is 29.5 Å². The molecule has 0 saturated carbocycles. The second kappa shape index (κ2) is 23.8. The molecule has 19 aromatic rings. The Hall–Kier alpha value is -13.0. The first-order valence-electron chi connectivity index (χ1n) is 38.0. The van der Waals surface area contributed by atoms with Gasteiger partial charge in [0.15, 0.2) is 32.3 Å². The van der Waals surface area contributed by atoms with Crippen LogP contribution in [-0.2, 0) is 0 Å². The standard InChI is InChI=1S/C102H67NO2Si4/c1-10-34-68(35-11-1)103(69-58-60-79-84-66-94-85(67-93(84)107(91(79)64-69,73-40-16-4-17-41-73)74-42-18-5-19-43-74)96-90(63-62-88-95(96)80-52-28-31-55-86(80)104-88)106(94,71-36-12-2-13-37-71)72-38-14-3-15-39-72)70-59-61-83-92(65-70)109(77-48-24-8-25-49-77,78-50-26-9-27-51-78)101-98(83)97-81-53-29-32-56-87(81)105-100(97)99-82-54-30-33-57-89(82)108(102(99)101,75-44-20-6-21-45-75)76-46-22-7-23-47-76/h1-67H. The number of para-hydroxylation sites is 3. The molecule has 0 atom stereocenters. The van der Waals surface area contributed by atoms with E-state index in [1.54, 1.807) is 0 Å². The maximum absolute atomic E-state index is 7.60. The lowest BCUT2D eigenvalue weighted by molar-refractivity contribution is 0.669. The molecule has 7 heteroatoms. The highest BCUT2D eigenvalue weighted by molar-refractivity contribution is 7.30. The van der Waals surface area contributed by atoms with E-state index in [1.807, 2.05) is 0 Å². The second-order valence-electron chi connectivity index (χ2n) is 29.8. The van der Waals surface area contributed by atoms with Crippen molar-refractivity contribution in [3.05, 3.63) is 406 Å². The average molecular weight is 1450 g/mol. The number of anilines is 3. The monoisotopic (exact) mass is 1450 g/mol. The predicted molar refractivity (Wildman–Crippen MR) is 466 cm³/mol. The molecular weight excluding hydrogens is 1380 g/mol. The van der Waals surface area contributed by atoms with Gasteiger partial charge in [-0.2, -0.15) is 0 Å². The van der Waals surface area contributed by atoms with Crippen molar-refractivity contribution in [2.45, 2.75) is 0 Å². The third-order valence-corrected chi connectivity index (χ3v) is 44.6. The molecule has 6 heterocycles. The van der Waals surface area contributed by atoms with Gasteiger partial charge in [0.2, 0.25) is 0 Å². The summed E-state index contributed by atoms with van der Waals surface area (Å²) < 4.78 is 14.5. The van der Waals surface area contributed by atoms with E-state index in [9.17, 15) is 0 Å². The van der Waals surface area contributed by atoms with Crippen LogP contribution in [0, 0.1) is 0 Å². The molecule has 0 radical (unpaired) electrons. The summed E-state index contributed by atoms with van der Waals surface area (Å²) in [6.07, 6.45) is 0. The lowest BCUT2D eigenvalue weighted by atomic mass is 9.94. The van der Waals surface area contributed by atoms with E-state index in [4.69, 9.17) is 8.83 Å². The van der Waals surface area contributed by atoms with Gasteiger partial charge in [-0.25, -0.2) is 0 Å². The summed E-state index contributed by atoms with van der Waals surface area (Å²) in [6.45, 7) is 0. The molecule has 0 spiro atoms. The molecule has 0 bridgehead atoms. The number of nitrogens with zero attached hydrogens (tertiary/aromatic N) is 1. The van der Waals surface area contributed by atoms with Crippen LogP contribution < -0.4 is 87.9 Å². The van der Waals surface area contributed by atoms with Crippen molar-refractivity contribution < 1.29 is 8.83 Å². The quantitative estimate of drug-likeness (QED) is 0.121. The molecule has 2 aromatic heterocycles. The van der Waals surface area contributed by atoms with Crippen LogP contribution in [0.1, 0.15) is 0 Å². The van der Waals surface area contributed by atoms with Crippen LogP contribution >= 0.6 is 0 Å². The Morgan fingerprint density at radius 1 is 0.193 bits per heavy atom. The number of rotatable bonds is 11. The lowest BCUT2D eigenvalue weighted by Crippen LogP contribution is -2.82. The molecule has 17 aromatic carbocycles. The Bertz CT molecular complexity index is 6740. The Kier molecular flexibility index (Phi) is 13.6. The van der Waals surface area contributed by atoms with Crippen LogP contribution in [0.4, 0.5) is 17.1 Å². The van der Waals surface area contributed by atoms with E-state index in [1.165, 1.54) is 138 Å².